The molecule has 1 aromatic carbocycles. The Balaban J connectivity index is 1.88. The monoisotopic (exact) mass is 286 g/mol. The lowest BCUT2D eigenvalue weighted by atomic mass is 9.98. The van der Waals surface area contributed by atoms with Crippen LogP contribution in [0.3, 0.4) is 0 Å². The Hall–Kier alpha value is -1.84. The van der Waals surface area contributed by atoms with E-state index in [1.165, 1.54) is 18.9 Å². The Morgan fingerprint density at radius 1 is 1.29 bits per heavy atom. The van der Waals surface area contributed by atoms with Crippen LogP contribution in [-0.4, -0.2) is 16.4 Å². The molecule has 1 aliphatic heterocycles. The predicted molar refractivity (Wildman–Crippen MR) is 78.9 cm³/mol. The molecule has 0 atom stereocenters. The molecule has 2 aromatic rings. The molecule has 1 fully saturated rings. The van der Waals surface area contributed by atoms with Crippen LogP contribution in [0.2, 0.25) is 0 Å². The van der Waals surface area contributed by atoms with Crippen LogP contribution in [0.25, 0.3) is 11.3 Å². The summed E-state index contributed by atoms with van der Waals surface area (Å²) in [6.07, 6.45) is 2.41. The van der Waals surface area contributed by atoms with E-state index in [2.05, 4.69) is 13.8 Å². The topological polar surface area (TPSA) is 27.1 Å². The third-order valence-electron chi connectivity index (χ3n) is 4.60. The molecule has 1 spiro atoms. The molecule has 0 amide bonds. The third kappa shape index (κ3) is 1.96. The molecule has 1 aliphatic carbocycles. The van der Waals surface area contributed by atoms with Crippen LogP contribution in [0.15, 0.2) is 24.3 Å². The fourth-order valence-corrected chi connectivity index (χ4v) is 3.16. The van der Waals surface area contributed by atoms with Gasteiger partial charge in [-0.1, -0.05) is 26.0 Å². The number of hydrogen-bond acceptors (Lipinski definition) is 2. The second-order valence-corrected chi connectivity index (χ2v) is 6.65. The van der Waals surface area contributed by atoms with Crippen molar-refractivity contribution in [3.05, 3.63) is 35.6 Å². The van der Waals surface area contributed by atoms with E-state index in [1.54, 1.807) is 12.1 Å². The molecule has 0 saturated heterocycles. The van der Waals surface area contributed by atoms with Gasteiger partial charge >= 0.3 is 0 Å². The molecule has 4 heteroatoms. The van der Waals surface area contributed by atoms with Gasteiger partial charge in [0.05, 0.1) is 13.2 Å². The van der Waals surface area contributed by atoms with Crippen molar-refractivity contribution in [3.8, 4) is 17.1 Å². The fourth-order valence-electron chi connectivity index (χ4n) is 3.16. The van der Waals surface area contributed by atoms with Gasteiger partial charge < -0.3 is 4.74 Å². The Labute approximate surface area is 123 Å². The van der Waals surface area contributed by atoms with E-state index in [0.29, 0.717) is 11.0 Å². The van der Waals surface area contributed by atoms with Crippen molar-refractivity contribution in [2.75, 3.05) is 6.61 Å². The van der Waals surface area contributed by atoms with Gasteiger partial charge in [0.15, 0.2) is 0 Å². The van der Waals surface area contributed by atoms with E-state index < -0.39 is 0 Å². The normalized spacial score (nSPS) is 18.7. The van der Waals surface area contributed by atoms with Gasteiger partial charge in [0.25, 0.3) is 0 Å². The van der Waals surface area contributed by atoms with Crippen molar-refractivity contribution in [1.82, 2.24) is 9.78 Å². The van der Waals surface area contributed by atoms with Crippen molar-refractivity contribution in [1.29, 1.82) is 0 Å². The lowest BCUT2D eigenvalue weighted by molar-refractivity contribution is 0.147. The van der Waals surface area contributed by atoms with Crippen LogP contribution in [0.1, 0.15) is 38.2 Å². The van der Waals surface area contributed by atoms with Gasteiger partial charge in [0, 0.05) is 16.5 Å². The minimum Gasteiger partial charge on any atom is -0.477 e. The largest absolute Gasteiger partial charge is 0.477 e. The molecular formula is C17H19FN2O. The highest BCUT2D eigenvalue weighted by Crippen LogP contribution is 2.51. The van der Waals surface area contributed by atoms with Crippen molar-refractivity contribution in [2.45, 2.75) is 39.2 Å². The van der Waals surface area contributed by atoms with Crippen LogP contribution in [0.5, 0.6) is 5.88 Å². The first-order chi connectivity index (χ1) is 10.1. The summed E-state index contributed by atoms with van der Waals surface area (Å²) in [6.45, 7) is 5.88. The molecule has 0 bridgehead atoms. The number of fused-ring (bicyclic) bond motifs is 1. The molecule has 2 aliphatic rings. The number of rotatable bonds is 2. The molecule has 0 N–H and O–H groups in total. The molecule has 3 nitrogen and oxygen atoms in total. The van der Waals surface area contributed by atoms with E-state index in [9.17, 15) is 4.39 Å². The maximum absolute atomic E-state index is 14.2. The average molecular weight is 286 g/mol. The molecule has 0 unspecified atom stereocenters. The maximum atomic E-state index is 14.2. The number of ether oxygens (including phenoxy) is 1. The first kappa shape index (κ1) is 12.9. The number of benzene rings is 1. The first-order valence-electron chi connectivity index (χ1n) is 7.58. The summed E-state index contributed by atoms with van der Waals surface area (Å²) in [7, 11) is 0. The highest BCUT2D eigenvalue weighted by molar-refractivity contribution is 5.67. The summed E-state index contributed by atoms with van der Waals surface area (Å²) in [5.74, 6) is 0.855. The highest BCUT2D eigenvalue weighted by Gasteiger charge is 2.48. The molecule has 0 radical (unpaired) electrons. The molecular weight excluding hydrogens is 267 g/mol. The molecule has 1 aromatic heterocycles. The summed E-state index contributed by atoms with van der Waals surface area (Å²) in [6, 6.07) is 6.84. The minimum atomic E-state index is -0.226. The van der Waals surface area contributed by atoms with Gasteiger partial charge in [-0.05, 0) is 30.9 Å². The number of nitrogens with zero attached hydrogens (tertiary/aromatic N) is 2. The fraction of sp³-hybridized carbons (Fsp3) is 0.471. The quantitative estimate of drug-likeness (QED) is 0.834. The van der Waals surface area contributed by atoms with Gasteiger partial charge in [-0.15, -0.1) is 0 Å². The van der Waals surface area contributed by atoms with Crippen LogP contribution in [0.4, 0.5) is 4.39 Å². The molecule has 110 valence electrons. The second-order valence-electron chi connectivity index (χ2n) is 6.65. The van der Waals surface area contributed by atoms with Crippen molar-refractivity contribution < 1.29 is 9.13 Å². The van der Waals surface area contributed by atoms with E-state index in [-0.39, 0.29) is 11.7 Å². The Morgan fingerprint density at radius 3 is 2.71 bits per heavy atom. The second kappa shape index (κ2) is 4.33. The zero-order valence-corrected chi connectivity index (χ0v) is 12.4. The SMILES string of the molecule is CC(C)c1c(-c2ccccc2F)nn2c1OCC1(CC1)C2. The highest BCUT2D eigenvalue weighted by atomic mass is 19.1. The van der Waals surface area contributed by atoms with E-state index in [0.717, 1.165) is 30.3 Å². The van der Waals surface area contributed by atoms with Gasteiger partial charge in [0.1, 0.15) is 11.5 Å². The number of halogens is 1. The summed E-state index contributed by atoms with van der Waals surface area (Å²) in [5, 5.41) is 4.69. The standard InChI is InChI=1S/C17H19FN2O/c1-11(2)14-15(12-5-3-4-6-13(12)18)19-20-9-17(7-8-17)10-21-16(14)20/h3-6,11H,7-10H2,1-2H3. The van der Waals surface area contributed by atoms with Crippen LogP contribution in [0, 0.1) is 11.2 Å². The number of hydrogen-bond donors (Lipinski definition) is 0. The molecule has 21 heavy (non-hydrogen) atoms. The van der Waals surface area contributed by atoms with Crippen LogP contribution >= 0.6 is 0 Å². The molecule has 1 saturated carbocycles. The summed E-state index contributed by atoms with van der Waals surface area (Å²) in [5.41, 5.74) is 2.61. The number of aromatic nitrogens is 2. The first-order valence-corrected chi connectivity index (χ1v) is 7.58. The van der Waals surface area contributed by atoms with Gasteiger partial charge in [-0.25, -0.2) is 9.07 Å². The Bertz CT molecular complexity index is 701. The van der Waals surface area contributed by atoms with Crippen LogP contribution in [-0.2, 0) is 6.54 Å². The summed E-state index contributed by atoms with van der Waals surface area (Å²) < 4.78 is 22.1. The Kier molecular flexibility index (Phi) is 2.65. The van der Waals surface area contributed by atoms with Gasteiger partial charge in [0.2, 0.25) is 5.88 Å². The maximum Gasteiger partial charge on any atom is 0.215 e. The Morgan fingerprint density at radius 2 is 2.05 bits per heavy atom. The van der Waals surface area contributed by atoms with Gasteiger partial charge in [-0.2, -0.15) is 5.10 Å². The van der Waals surface area contributed by atoms with Crippen molar-refractivity contribution in [2.24, 2.45) is 5.41 Å². The predicted octanol–water partition coefficient (Wildman–Crippen LogP) is 3.99. The summed E-state index contributed by atoms with van der Waals surface area (Å²) >= 11 is 0. The van der Waals surface area contributed by atoms with E-state index in [1.807, 2.05) is 10.7 Å². The summed E-state index contributed by atoms with van der Waals surface area (Å²) in [4.78, 5) is 0. The zero-order valence-electron chi connectivity index (χ0n) is 12.4. The lowest BCUT2D eigenvalue weighted by Crippen LogP contribution is -2.27. The lowest BCUT2D eigenvalue weighted by Gasteiger charge is -2.24. The molecule has 4 rings (SSSR count). The van der Waals surface area contributed by atoms with E-state index in [4.69, 9.17) is 9.84 Å². The van der Waals surface area contributed by atoms with Gasteiger partial charge in [-0.3, -0.25) is 0 Å². The smallest absolute Gasteiger partial charge is 0.215 e. The van der Waals surface area contributed by atoms with E-state index >= 15 is 0 Å². The molecule has 2 heterocycles. The average Bonchev–Trinajstić information content (AvgIpc) is 3.09. The minimum absolute atomic E-state index is 0.226. The van der Waals surface area contributed by atoms with Crippen LogP contribution < -0.4 is 4.74 Å². The van der Waals surface area contributed by atoms with Crippen molar-refractivity contribution >= 4 is 0 Å². The van der Waals surface area contributed by atoms with Crippen molar-refractivity contribution in [3.63, 3.8) is 0 Å². The zero-order chi connectivity index (χ0) is 14.6. The third-order valence-corrected chi connectivity index (χ3v) is 4.60.